The van der Waals surface area contributed by atoms with Gasteiger partial charge >= 0.3 is 0 Å². The molecule has 1 aromatic heterocycles. The number of anilines is 1. The highest BCUT2D eigenvalue weighted by Gasteiger charge is 2.10. The van der Waals surface area contributed by atoms with E-state index in [1.54, 1.807) is 0 Å². The third-order valence-corrected chi connectivity index (χ3v) is 4.36. The highest BCUT2D eigenvalue weighted by atomic mass is 35.5. The van der Waals surface area contributed by atoms with Crippen molar-refractivity contribution in [3.05, 3.63) is 93.5 Å². The summed E-state index contributed by atoms with van der Waals surface area (Å²) in [4.78, 5) is 28.6. The van der Waals surface area contributed by atoms with Gasteiger partial charge in [0.1, 0.15) is 5.15 Å². The number of halogens is 1. The van der Waals surface area contributed by atoms with Crippen LogP contribution in [0, 0.1) is 0 Å². The second kappa shape index (κ2) is 9.71. The van der Waals surface area contributed by atoms with E-state index in [1.165, 1.54) is 10.8 Å². The zero-order valence-electron chi connectivity index (χ0n) is 15.3. The van der Waals surface area contributed by atoms with E-state index in [-0.39, 0.29) is 29.0 Å². The van der Waals surface area contributed by atoms with Gasteiger partial charge in [0.2, 0.25) is 5.91 Å². The predicted molar refractivity (Wildman–Crippen MR) is 110 cm³/mol. The number of rotatable bonds is 8. The normalized spacial score (nSPS) is 10.5. The van der Waals surface area contributed by atoms with E-state index in [4.69, 9.17) is 11.6 Å². The van der Waals surface area contributed by atoms with E-state index in [0.717, 1.165) is 11.1 Å². The molecule has 0 aliphatic rings. The fourth-order valence-electron chi connectivity index (χ4n) is 2.71. The number of benzene rings is 2. The maximum Gasteiger partial charge on any atom is 0.293 e. The Kier molecular flexibility index (Phi) is 6.81. The lowest BCUT2D eigenvalue weighted by atomic mass is 10.1. The highest BCUT2D eigenvalue weighted by Crippen LogP contribution is 2.07. The van der Waals surface area contributed by atoms with Crippen LogP contribution in [0.4, 0.5) is 5.82 Å². The summed E-state index contributed by atoms with van der Waals surface area (Å²) in [6.07, 6.45) is 2.20. The van der Waals surface area contributed by atoms with Gasteiger partial charge in [0.25, 0.3) is 5.56 Å². The minimum atomic E-state index is -0.309. The third-order valence-electron chi connectivity index (χ3n) is 4.18. The average molecular weight is 397 g/mol. The lowest BCUT2D eigenvalue weighted by Crippen LogP contribution is -2.32. The molecule has 3 aromatic rings. The van der Waals surface area contributed by atoms with Crippen molar-refractivity contribution in [2.75, 3.05) is 11.9 Å². The Balaban J connectivity index is 1.58. The quantitative estimate of drug-likeness (QED) is 0.614. The molecule has 2 aromatic carbocycles. The van der Waals surface area contributed by atoms with Crippen LogP contribution in [-0.2, 0) is 24.3 Å². The van der Waals surface area contributed by atoms with E-state index < -0.39 is 0 Å². The van der Waals surface area contributed by atoms with E-state index in [1.807, 2.05) is 60.7 Å². The number of nitrogens with zero attached hydrogens (tertiary/aromatic N) is 2. The van der Waals surface area contributed by atoms with E-state index in [9.17, 15) is 9.59 Å². The summed E-state index contributed by atoms with van der Waals surface area (Å²) in [5.74, 6) is -0.170. The van der Waals surface area contributed by atoms with Crippen molar-refractivity contribution in [3.63, 3.8) is 0 Å². The molecule has 0 saturated heterocycles. The van der Waals surface area contributed by atoms with Gasteiger partial charge in [-0.15, -0.1) is 0 Å². The van der Waals surface area contributed by atoms with Crippen LogP contribution in [0.15, 0.2) is 71.7 Å². The lowest BCUT2D eigenvalue weighted by molar-refractivity contribution is -0.119. The molecular formula is C21H21ClN4O2. The Morgan fingerprint density at radius 2 is 1.64 bits per heavy atom. The first-order valence-corrected chi connectivity index (χ1v) is 9.35. The molecule has 0 aliphatic heterocycles. The highest BCUT2D eigenvalue weighted by molar-refractivity contribution is 6.29. The zero-order chi connectivity index (χ0) is 19.8. The first-order chi connectivity index (χ1) is 13.6. The zero-order valence-corrected chi connectivity index (χ0v) is 16.0. The summed E-state index contributed by atoms with van der Waals surface area (Å²) >= 11 is 6.05. The maximum atomic E-state index is 12.6. The minimum absolute atomic E-state index is 0.0614. The van der Waals surface area contributed by atoms with Gasteiger partial charge < -0.3 is 15.2 Å². The molecule has 2 N–H and O–H groups in total. The summed E-state index contributed by atoms with van der Waals surface area (Å²) in [5, 5.41) is 5.78. The molecule has 0 saturated carbocycles. The molecule has 0 aliphatic carbocycles. The monoisotopic (exact) mass is 396 g/mol. The molecule has 7 heteroatoms. The van der Waals surface area contributed by atoms with Gasteiger partial charge in [-0.05, 0) is 17.5 Å². The van der Waals surface area contributed by atoms with Gasteiger partial charge in [-0.25, -0.2) is 4.98 Å². The van der Waals surface area contributed by atoms with E-state index >= 15 is 0 Å². The summed E-state index contributed by atoms with van der Waals surface area (Å²) in [5.41, 5.74) is 1.81. The van der Waals surface area contributed by atoms with Crippen LogP contribution in [0.5, 0.6) is 0 Å². The number of carbonyl (C=O) groups excluding carboxylic acids is 1. The molecule has 0 unspecified atom stereocenters. The minimum Gasteiger partial charge on any atom is -0.356 e. The molecule has 144 valence electrons. The van der Waals surface area contributed by atoms with E-state index in [0.29, 0.717) is 19.5 Å². The van der Waals surface area contributed by atoms with Crippen LogP contribution >= 0.6 is 11.6 Å². The first kappa shape index (κ1) is 19.6. The Hall–Kier alpha value is -3.12. The molecule has 0 radical (unpaired) electrons. The summed E-state index contributed by atoms with van der Waals surface area (Å²) in [7, 11) is 0. The number of aromatic nitrogens is 2. The van der Waals surface area contributed by atoms with Crippen molar-refractivity contribution in [3.8, 4) is 0 Å². The van der Waals surface area contributed by atoms with Gasteiger partial charge in [-0.1, -0.05) is 72.3 Å². The number of aryl methyl sites for hydroxylation is 2. The van der Waals surface area contributed by atoms with Crippen LogP contribution in [0.1, 0.15) is 11.1 Å². The van der Waals surface area contributed by atoms with Crippen molar-refractivity contribution < 1.29 is 4.79 Å². The molecule has 1 amide bonds. The molecule has 0 spiro atoms. The van der Waals surface area contributed by atoms with Crippen LogP contribution in [-0.4, -0.2) is 22.0 Å². The van der Waals surface area contributed by atoms with Crippen LogP contribution < -0.4 is 16.2 Å². The summed E-state index contributed by atoms with van der Waals surface area (Å²) in [6, 6.07) is 19.5. The second-order valence-corrected chi connectivity index (χ2v) is 6.65. The predicted octanol–water partition coefficient (Wildman–Crippen LogP) is 2.87. The Morgan fingerprint density at radius 3 is 2.32 bits per heavy atom. The van der Waals surface area contributed by atoms with Gasteiger partial charge in [0.15, 0.2) is 5.82 Å². The fraction of sp³-hybridized carbons (Fsp3) is 0.190. The summed E-state index contributed by atoms with van der Waals surface area (Å²) < 4.78 is 1.51. The molecular weight excluding hydrogens is 376 g/mol. The fourth-order valence-corrected chi connectivity index (χ4v) is 2.91. The molecule has 0 bridgehead atoms. The molecule has 0 atom stereocenters. The van der Waals surface area contributed by atoms with E-state index in [2.05, 4.69) is 15.6 Å². The number of hydrogen-bond donors (Lipinski definition) is 2. The Bertz CT molecular complexity index is 975. The Morgan fingerprint density at radius 1 is 1.00 bits per heavy atom. The van der Waals surface area contributed by atoms with Crippen LogP contribution in [0.3, 0.4) is 0 Å². The lowest BCUT2D eigenvalue weighted by Gasteiger charge is -2.11. The van der Waals surface area contributed by atoms with Gasteiger partial charge in [-0.2, -0.15) is 0 Å². The molecule has 6 nitrogen and oxygen atoms in total. The second-order valence-electron chi connectivity index (χ2n) is 6.26. The number of hydrogen-bond acceptors (Lipinski definition) is 4. The molecule has 1 heterocycles. The largest absolute Gasteiger partial charge is 0.356 e. The van der Waals surface area contributed by atoms with Crippen molar-refractivity contribution in [2.24, 2.45) is 0 Å². The smallest absolute Gasteiger partial charge is 0.293 e. The summed E-state index contributed by atoms with van der Waals surface area (Å²) in [6.45, 7) is 0.833. The number of nitrogens with one attached hydrogen (secondary N) is 2. The van der Waals surface area contributed by atoms with Crippen LogP contribution in [0.25, 0.3) is 0 Å². The first-order valence-electron chi connectivity index (χ1n) is 8.97. The number of carbonyl (C=O) groups is 1. The van der Waals surface area contributed by atoms with Crippen molar-refractivity contribution in [1.29, 1.82) is 0 Å². The van der Waals surface area contributed by atoms with Crippen molar-refractivity contribution in [2.45, 2.75) is 19.5 Å². The van der Waals surface area contributed by atoms with Crippen LogP contribution in [0.2, 0.25) is 5.15 Å². The Labute approximate surface area is 168 Å². The number of amides is 1. The van der Waals surface area contributed by atoms with Crippen molar-refractivity contribution in [1.82, 2.24) is 14.9 Å². The SMILES string of the molecule is O=C(CNc1nc(Cl)cn(CCc2ccccc2)c1=O)NCc1ccccc1. The average Bonchev–Trinajstić information content (AvgIpc) is 2.73. The molecule has 28 heavy (non-hydrogen) atoms. The molecule has 0 fully saturated rings. The van der Waals surface area contributed by atoms with Gasteiger partial charge in [-0.3, -0.25) is 9.59 Å². The standard InChI is InChI=1S/C21H21ClN4O2/c22-18-15-26(12-11-16-7-3-1-4-8-16)21(28)20(25-18)24-14-19(27)23-13-17-9-5-2-6-10-17/h1-10,15H,11-14H2,(H,23,27)(H,24,25). The maximum absolute atomic E-state index is 12.6. The molecule has 3 rings (SSSR count). The van der Waals surface area contributed by atoms with Gasteiger partial charge in [0, 0.05) is 19.3 Å². The topological polar surface area (TPSA) is 76.0 Å². The third kappa shape index (κ3) is 5.69. The van der Waals surface area contributed by atoms with Gasteiger partial charge in [0.05, 0.1) is 6.54 Å². The van der Waals surface area contributed by atoms with Crippen molar-refractivity contribution >= 4 is 23.3 Å².